The van der Waals surface area contributed by atoms with Crippen LogP contribution in [0.3, 0.4) is 0 Å². The molecule has 35 heavy (non-hydrogen) atoms. The van der Waals surface area contributed by atoms with Crippen LogP contribution in [0.15, 0.2) is 42.5 Å². The maximum Gasteiger partial charge on any atom is 0.326 e. The summed E-state index contributed by atoms with van der Waals surface area (Å²) >= 11 is 10.2. The van der Waals surface area contributed by atoms with Gasteiger partial charge < -0.3 is 15.7 Å². The number of amides is 2. The minimum Gasteiger partial charge on any atom is -0.480 e. The molecule has 2 aromatic rings. The molecule has 188 valence electrons. The third-order valence-corrected chi connectivity index (χ3v) is 7.52. The molecule has 0 saturated heterocycles. The highest BCUT2D eigenvalue weighted by atomic mass is 35.5. The van der Waals surface area contributed by atoms with Gasteiger partial charge >= 0.3 is 5.97 Å². The molecule has 6 nitrogen and oxygen atoms in total. The normalized spacial score (nSPS) is 16.5. The fraction of sp³-hybridized carbons (Fsp3) is 0.423. The number of carbonyl (C=O) groups excluding carboxylic acids is 2. The molecule has 1 unspecified atom stereocenters. The zero-order valence-corrected chi connectivity index (χ0v) is 21.3. The second-order valence-corrected chi connectivity index (χ2v) is 10.3. The van der Waals surface area contributed by atoms with E-state index in [1.807, 2.05) is 13.8 Å². The number of thiol groups is 1. The summed E-state index contributed by atoms with van der Waals surface area (Å²) in [6.45, 7) is 3.74. The van der Waals surface area contributed by atoms with E-state index in [4.69, 9.17) is 11.6 Å². The lowest BCUT2D eigenvalue weighted by Crippen LogP contribution is -2.61. The molecular formula is C26H30ClFN2O4S. The smallest absolute Gasteiger partial charge is 0.326 e. The molecule has 0 heterocycles. The second kappa shape index (κ2) is 11.4. The zero-order valence-electron chi connectivity index (χ0n) is 19.7. The SMILES string of the molecule is CC(C)[C@H](S)C(=O)NC1(C(=O)NC(Cc2ccc(-c3ccc(F)c(Cl)c3)cc2)C(=O)O)CCCC1. The van der Waals surface area contributed by atoms with E-state index >= 15 is 0 Å². The number of carbonyl (C=O) groups is 3. The van der Waals surface area contributed by atoms with Crippen LogP contribution >= 0.6 is 24.2 Å². The number of carboxylic acids is 1. The van der Waals surface area contributed by atoms with E-state index in [-0.39, 0.29) is 23.3 Å². The van der Waals surface area contributed by atoms with Crippen molar-refractivity contribution in [1.29, 1.82) is 0 Å². The van der Waals surface area contributed by atoms with Gasteiger partial charge in [0.05, 0.1) is 10.3 Å². The Bertz CT molecular complexity index is 1090. The van der Waals surface area contributed by atoms with Crippen molar-refractivity contribution in [2.75, 3.05) is 0 Å². The number of benzene rings is 2. The van der Waals surface area contributed by atoms with Gasteiger partial charge in [0.1, 0.15) is 17.4 Å². The largest absolute Gasteiger partial charge is 0.480 e. The third-order valence-electron chi connectivity index (χ3n) is 6.40. The maximum absolute atomic E-state index is 13.4. The van der Waals surface area contributed by atoms with E-state index in [9.17, 15) is 23.9 Å². The fourth-order valence-electron chi connectivity index (χ4n) is 4.24. The predicted octanol–water partition coefficient (Wildman–Crippen LogP) is 4.64. The quantitative estimate of drug-likeness (QED) is 0.362. The highest BCUT2D eigenvalue weighted by Gasteiger charge is 2.44. The monoisotopic (exact) mass is 520 g/mol. The Kier molecular flexibility index (Phi) is 8.83. The lowest BCUT2D eigenvalue weighted by molar-refractivity contribution is -0.143. The van der Waals surface area contributed by atoms with Crippen molar-refractivity contribution in [3.63, 3.8) is 0 Å². The van der Waals surface area contributed by atoms with Crippen molar-refractivity contribution in [2.24, 2.45) is 5.92 Å². The lowest BCUT2D eigenvalue weighted by atomic mass is 9.94. The number of carboxylic acid groups (broad SMARTS) is 1. The zero-order chi connectivity index (χ0) is 25.8. The fourth-order valence-corrected chi connectivity index (χ4v) is 4.49. The Balaban J connectivity index is 1.72. The highest BCUT2D eigenvalue weighted by molar-refractivity contribution is 7.81. The van der Waals surface area contributed by atoms with Gasteiger partial charge in [-0.1, -0.05) is 68.6 Å². The van der Waals surface area contributed by atoms with Crippen LogP contribution in [0.2, 0.25) is 5.02 Å². The summed E-state index contributed by atoms with van der Waals surface area (Å²) in [4.78, 5) is 37.8. The van der Waals surface area contributed by atoms with Gasteiger partial charge in [0.25, 0.3) is 0 Å². The molecule has 2 amide bonds. The van der Waals surface area contributed by atoms with Crippen LogP contribution < -0.4 is 10.6 Å². The van der Waals surface area contributed by atoms with Crippen molar-refractivity contribution in [1.82, 2.24) is 10.6 Å². The molecule has 1 aliphatic carbocycles. The molecular weight excluding hydrogens is 491 g/mol. The molecule has 9 heteroatoms. The second-order valence-electron chi connectivity index (χ2n) is 9.36. The van der Waals surface area contributed by atoms with Crippen molar-refractivity contribution in [3.8, 4) is 11.1 Å². The Morgan fingerprint density at radius 1 is 1.09 bits per heavy atom. The Morgan fingerprint density at radius 3 is 2.23 bits per heavy atom. The van der Waals surface area contributed by atoms with E-state index in [2.05, 4.69) is 23.3 Å². The first-order valence-corrected chi connectivity index (χ1v) is 12.5. The minimum absolute atomic E-state index is 0.0134. The van der Waals surface area contributed by atoms with Gasteiger partial charge in [-0.3, -0.25) is 9.59 Å². The summed E-state index contributed by atoms with van der Waals surface area (Å²) < 4.78 is 13.4. The first-order chi connectivity index (χ1) is 16.5. The summed E-state index contributed by atoms with van der Waals surface area (Å²) in [7, 11) is 0. The van der Waals surface area contributed by atoms with Gasteiger partial charge in [0, 0.05) is 6.42 Å². The van der Waals surface area contributed by atoms with Crippen LogP contribution in [0.5, 0.6) is 0 Å². The first-order valence-electron chi connectivity index (χ1n) is 11.6. The molecule has 0 radical (unpaired) electrons. The molecule has 1 aliphatic rings. The van der Waals surface area contributed by atoms with Crippen molar-refractivity contribution >= 4 is 42.0 Å². The molecule has 0 aromatic heterocycles. The standard InChI is InChI=1S/C26H30ClFN2O4S/c1-15(2)22(35)23(31)30-26(11-3-4-12-26)25(34)29-21(24(32)33)13-16-5-7-17(8-6-16)18-9-10-20(28)19(27)14-18/h5-10,14-15,21-22,35H,3-4,11-13H2,1-2H3,(H,29,34)(H,30,31)(H,32,33)/t21?,22-/m0/s1. The van der Waals surface area contributed by atoms with Crippen molar-refractivity contribution in [2.45, 2.75) is 62.8 Å². The van der Waals surface area contributed by atoms with Crippen LogP contribution in [0.4, 0.5) is 4.39 Å². The van der Waals surface area contributed by atoms with Crippen LogP contribution in [-0.2, 0) is 20.8 Å². The number of halogens is 2. The molecule has 2 aromatic carbocycles. The predicted molar refractivity (Wildman–Crippen MR) is 137 cm³/mol. The van der Waals surface area contributed by atoms with Crippen LogP contribution in [0.25, 0.3) is 11.1 Å². The van der Waals surface area contributed by atoms with Gasteiger partial charge in [-0.2, -0.15) is 12.6 Å². The number of hydrogen-bond acceptors (Lipinski definition) is 4. The van der Waals surface area contributed by atoms with E-state index in [1.165, 1.54) is 12.1 Å². The summed E-state index contributed by atoms with van der Waals surface area (Å²) in [5.74, 6) is -2.50. The molecule has 3 rings (SSSR count). The van der Waals surface area contributed by atoms with Crippen LogP contribution in [-0.4, -0.2) is 39.7 Å². The van der Waals surface area contributed by atoms with Crippen LogP contribution in [0, 0.1) is 11.7 Å². The van der Waals surface area contributed by atoms with E-state index < -0.39 is 34.5 Å². The van der Waals surface area contributed by atoms with E-state index in [1.54, 1.807) is 30.3 Å². The number of nitrogens with one attached hydrogen (secondary N) is 2. The van der Waals surface area contributed by atoms with Crippen LogP contribution in [0.1, 0.15) is 45.1 Å². The summed E-state index contributed by atoms with van der Waals surface area (Å²) in [6, 6.07) is 10.4. The molecule has 0 bridgehead atoms. The highest BCUT2D eigenvalue weighted by Crippen LogP contribution is 2.31. The number of rotatable bonds is 9. The minimum atomic E-state index is -1.17. The molecule has 2 atom stereocenters. The average molecular weight is 521 g/mol. The van der Waals surface area contributed by atoms with Gasteiger partial charge in [0.2, 0.25) is 11.8 Å². The van der Waals surface area contributed by atoms with Gasteiger partial charge in [-0.25, -0.2) is 9.18 Å². The molecule has 1 saturated carbocycles. The van der Waals surface area contributed by atoms with Gasteiger partial charge in [0.15, 0.2) is 0 Å². The molecule has 0 aliphatic heterocycles. The molecule has 0 spiro atoms. The third kappa shape index (κ3) is 6.55. The maximum atomic E-state index is 13.4. The van der Waals surface area contributed by atoms with Gasteiger partial charge in [-0.05, 0) is 47.6 Å². The average Bonchev–Trinajstić information content (AvgIpc) is 3.30. The summed E-state index contributed by atoms with van der Waals surface area (Å²) in [6.07, 6.45) is 2.49. The Labute approximate surface area is 215 Å². The van der Waals surface area contributed by atoms with Crippen molar-refractivity contribution < 1.29 is 23.9 Å². The molecule has 3 N–H and O–H groups in total. The summed E-state index contributed by atoms with van der Waals surface area (Å²) in [5, 5.41) is 14.7. The molecule has 1 fully saturated rings. The first kappa shape index (κ1) is 27.0. The Hall–Kier alpha value is -2.58. The van der Waals surface area contributed by atoms with E-state index in [0.717, 1.165) is 24.0 Å². The number of hydrogen-bond donors (Lipinski definition) is 4. The number of aliphatic carboxylic acids is 1. The lowest BCUT2D eigenvalue weighted by Gasteiger charge is -2.32. The Morgan fingerprint density at radius 2 is 1.69 bits per heavy atom. The van der Waals surface area contributed by atoms with E-state index in [0.29, 0.717) is 18.4 Å². The topological polar surface area (TPSA) is 95.5 Å². The summed E-state index contributed by atoms with van der Waals surface area (Å²) in [5.41, 5.74) is 1.10. The van der Waals surface area contributed by atoms with Crippen molar-refractivity contribution in [3.05, 3.63) is 58.9 Å². The van der Waals surface area contributed by atoms with Gasteiger partial charge in [-0.15, -0.1) is 0 Å².